The highest BCUT2D eigenvalue weighted by atomic mass is 32.1. The minimum absolute atomic E-state index is 0.115. The molecule has 0 atom stereocenters. The molecule has 20 heavy (non-hydrogen) atoms. The van der Waals surface area contributed by atoms with Crippen LogP contribution in [0.1, 0.15) is 17.6 Å². The molecule has 1 N–H and O–H groups in total. The third-order valence-electron chi connectivity index (χ3n) is 2.67. The lowest BCUT2D eigenvalue weighted by molar-refractivity contribution is -0.127. The lowest BCUT2D eigenvalue weighted by Crippen LogP contribution is -2.14. The summed E-state index contributed by atoms with van der Waals surface area (Å²) in [5.41, 5.74) is 1.59. The minimum Gasteiger partial charge on any atom is -0.311 e. The number of hydrogen-bond acceptors (Lipinski definition) is 3. The van der Waals surface area contributed by atoms with Gasteiger partial charge in [0, 0.05) is 6.54 Å². The van der Waals surface area contributed by atoms with Crippen molar-refractivity contribution in [2.24, 2.45) is 0 Å². The normalized spacial score (nSPS) is 11.8. The number of alkyl halides is 3. The molecule has 0 amide bonds. The summed E-state index contributed by atoms with van der Waals surface area (Å²) in [5.74, 6) is 0. The molecule has 0 spiro atoms. The maximum absolute atomic E-state index is 12.5. The monoisotopic (exact) mass is 300 g/mol. The molecule has 0 bridgehead atoms. The highest BCUT2D eigenvalue weighted by Gasteiger charge is 2.30. The van der Waals surface area contributed by atoms with Gasteiger partial charge in [-0.25, -0.2) is 4.98 Å². The Morgan fingerprint density at radius 2 is 1.90 bits per heavy atom. The minimum atomic E-state index is -4.22. The average molecular weight is 300 g/mol. The van der Waals surface area contributed by atoms with Crippen LogP contribution < -0.4 is 5.32 Å². The largest absolute Gasteiger partial charge is 0.395 e. The number of aromatic nitrogens is 1. The number of thiazole rings is 1. The van der Waals surface area contributed by atoms with Gasteiger partial charge in [0.25, 0.3) is 0 Å². The van der Waals surface area contributed by atoms with Crippen LogP contribution in [0.5, 0.6) is 0 Å². The molecule has 0 aliphatic heterocycles. The zero-order valence-electron chi connectivity index (χ0n) is 11.0. The molecule has 1 aromatic carbocycles. The fourth-order valence-corrected chi connectivity index (χ4v) is 2.94. The van der Waals surface area contributed by atoms with E-state index in [0.717, 1.165) is 28.3 Å². The number of halogens is 3. The van der Waals surface area contributed by atoms with Crippen molar-refractivity contribution in [1.29, 1.82) is 0 Å². The van der Waals surface area contributed by atoms with E-state index in [0.29, 0.717) is 12.2 Å². The molecule has 0 saturated carbocycles. The molecule has 0 radical (unpaired) electrons. The van der Waals surface area contributed by atoms with Gasteiger partial charge in [0.15, 0.2) is 0 Å². The van der Waals surface area contributed by atoms with Crippen molar-refractivity contribution in [2.45, 2.75) is 26.1 Å². The van der Waals surface area contributed by atoms with E-state index >= 15 is 0 Å². The molecule has 108 valence electrons. The fraction of sp³-hybridized carbons (Fsp3) is 0.357. The van der Waals surface area contributed by atoms with Gasteiger partial charge in [-0.1, -0.05) is 37.3 Å². The molecule has 0 aliphatic carbocycles. The van der Waals surface area contributed by atoms with Crippen LogP contribution in [-0.2, 0) is 13.0 Å². The Bertz CT molecular complexity index is 549. The molecule has 1 heterocycles. The van der Waals surface area contributed by atoms with Gasteiger partial charge >= 0.3 is 6.18 Å². The van der Waals surface area contributed by atoms with Gasteiger partial charge in [0.1, 0.15) is 5.01 Å². The molecule has 2 aromatic rings. The lowest BCUT2D eigenvalue weighted by atomic mass is 10.1. The Kier molecular flexibility index (Phi) is 4.77. The topological polar surface area (TPSA) is 24.9 Å². The fourth-order valence-electron chi connectivity index (χ4n) is 1.83. The summed E-state index contributed by atoms with van der Waals surface area (Å²) in [7, 11) is 0. The van der Waals surface area contributed by atoms with Crippen molar-refractivity contribution in [2.75, 3.05) is 6.54 Å². The predicted octanol–water partition coefficient (Wildman–Crippen LogP) is 4.02. The Morgan fingerprint density at radius 1 is 1.20 bits per heavy atom. The van der Waals surface area contributed by atoms with Crippen molar-refractivity contribution >= 4 is 11.3 Å². The van der Waals surface area contributed by atoms with E-state index in [1.807, 2.05) is 37.3 Å². The smallest absolute Gasteiger partial charge is 0.311 e. The summed E-state index contributed by atoms with van der Waals surface area (Å²) < 4.78 is 37.5. The van der Waals surface area contributed by atoms with E-state index in [1.165, 1.54) is 0 Å². The SMILES string of the molecule is CCNCc1nc(CC(F)(F)F)sc1-c1ccccc1. The first kappa shape index (κ1) is 15.0. The Morgan fingerprint density at radius 3 is 2.50 bits per heavy atom. The Labute approximate surface area is 119 Å². The van der Waals surface area contributed by atoms with Gasteiger partial charge in [0.2, 0.25) is 0 Å². The van der Waals surface area contributed by atoms with Crippen LogP contribution in [0.4, 0.5) is 13.2 Å². The van der Waals surface area contributed by atoms with Crippen molar-refractivity contribution < 1.29 is 13.2 Å². The van der Waals surface area contributed by atoms with Crippen molar-refractivity contribution in [1.82, 2.24) is 10.3 Å². The number of nitrogens with zero attached hydrogens (tertiary/aromatic N) is 1. The van der Waals surface area contributed by atoms with Crippen molar-refractivity contribution in [3.63, 3.8) is 0 Å². The van der Waals surface area contributed by atoms with Gasteiger partial charge in [0.05, 0.1) is 17.0 Å². The molecular formula is C14H15F3N2S. The number of rotatable bonds is 5. The number of nitrogens with one attached hydrogen (secondary N) is 1. The van der Waals surface area contributed by atoms with Gasteiger partial charge in [-0.2, -0.15) is 13.2 Å². The second kappa shape index (κ2) is 6.37. The quantitative estimate of drug-likeness (QED) is 0.902. The van der Waals surface area contributed by atoms with E-state index in [2.05, 4.69) is 10.3 Å². The number of benzene rings is 1. The summed E-state index contributed by atoms with van der Waals surface area (Å²) >= 11 is 1.12. The molecule has 0 aliphatic rings. The predicted molar refractivity (Wildman–Crippen MR) is 74.7 cm³/mol. The third-order valence-corrected chi connectivity index (χ3v) is 3.82. The van der Waals surface area contributed by atoms with E-state index < -0.39 is 12.6 Å². The summed E-state index contributed by atoms with van der Waals surface area (Å²) in [4.78, 5) is 4.96. The average Bonchev–Trinajstić information content (AvgIpc) is 2.78. The third kappa shape index (κ3) is 4.05. The van der Waals surface area contributed by atoms with Gasteiger partial charge in [-0.05, 0) is 12.1 Å². The highest BCUT2D eigenvalue weighted by Crippen LogP contribution is 2.33. The van der Waals surface area contributed by atoms with Gasteiger partial charge in [-0.3, -0.25) is 0 Å². The molecule has 1 aromatic heterocycles. The summed E-state index contributed by atoms with van der Waals surface area (Å²) in [6.45, 7) is 3.18. The van der Waals surface area contributed by atoms with Gasteiger partial charge < -0.3 is 5.32 Å². The Balaban J connectivity index is 2.33. The molecule has 2 nitrogen and oxygen atoms in total. The highest BCUT2D eigenvalue weighted by molar-refractivity contribution is 7.15. The van der Waals surface area contributed by atoms with Crippen LogP contribution in [0.25, 0.3) is 10.4 Å². The maximum atomic E-state index is 12.5. The van der Waals surface area contributed by atoms with Crippen LogP contribution in [0.2, 0.25) is 0 Å². The van der Waals surface area contributed by atoms with Crippen LogP contribution in [0, 0.1) is 0 Å². The van der Waals surface area contributed by atoms with E-state index in [9.17, 15) is 13.2 Å². The van der Waals surface area contributed by atoms with Crippen LogP contribution in [-0.4, -0.2) is 17.7 Å². The summed E-state index contributed by atoms with van der Waals surface area (Å²) in [6.07, 6.45) is -5.19. The molecular weight excluding hydrogens is 285 g/mol. The maximum Gasteiger partial charge on any atom is 0.395 e. The lowest BCUT2D eigenvalue weighted by Gasteiger charge is -2.02. The Hall–Kier alpha value is -1.40. The summed E-state index contributed by atoms with van der Waals surface area (Å²) in [5, 5.41) is 3.23. The first-order chi connectivity index (χ1) is 9.49. The van der Waals surface area contributed by atoms with Crippen LogP contribution in [0.3, 0.4) is 0 Å². The zero-order chi connectivity index (χ0) is 14.6. The molecule has 2 rings (SSSR count). The van der Waals surface area contributed by atoms with E-state index in [-0.39, 0.29) is 5.01 Å². The first-order valence-corrected chi connectivity index (χ1v) is 7.12. The molecule has 0 fully saturated rings. The van der Waals surface area contributed by atoms with Gasteiger partial charge in [-0.15, -0.1) is 11.3 Å². The zero-order valence-corrected chi connectivity index (χ0v) is 11.8. The first-order valence-electron chi connectivity index (χ1n) is 6.31. The van der Waals surface area contributed by atoms with E-state index in [1.54, 1.807) is 0 Å². The standard InChI is InChI=1S/C14H15F3N2S/c1-2-18-9-11-13(10-6-4-3-5-7-10)20-12(19-11)8-14(15,16)17/h3-7,18H,2,8-9H2,1H3. The van der Waals surface area contributed by atoms with Crippen molar-refractivity contribution in [3.8, 4) is 10.4 Å². The van der Waals surface area contributed by atoms with Crippen LogP contribution in [0.15, 0.2) is 30.3 Å². The van der Waals surface area contributed by atoms with Crippen LogP contribution >= 0.6 is 11.3 Å². The number of hydrogen-bond donors (Lipinski definition) is 1. The van der Waals surface area contributed by atoms with Crippen molar-refractivity contribution in [3.05, 3.63) is 41.0 Å². The molecule has 0 unspecified atom stereocenters. The second-order valence-corrected chi connectivity index (χ2v) is 5.41. The summed E-state index contributed by atoms with van der Waals surface area (Å²) in [6, 6.07) is 9.40. The molecule has 6 heteroatoms. The second-order valence-electron chi connectivity index (χ2n) is 4.32. The molecule has 0 saturated heterocycles. The van der Waals surface area contributed by atoms with E-state index in [4.69, 9.17) is 0 Å².